The summed E-state index contributed by atoms with van der Waals surface area (Å²) in [5, 5.41) is 0. The highest BCUT2D eigenvalue weighted by molar-refractivity contribution is 5.52. The van der Waals surface area contributed by atoms with Gasteiger partial charge in [0.1, 0.15) is 6.61 Å². The standard InChI is InChI=1S/C19H26N4O/c20-9-5-11-22-12-14-23(15-13-22)19-18(8-4-10-21-19)24-16-17-6-2-1-3-7-17/h1-4,6-8,10H,5,9,11-16,20H2. The molecule has 2 aromatic rings. The lowest BCUT2D eigenvalue weighted by molar-refractivity contribution is 0.253. The number of anilines is 1. The summed E-state index contributed by atoms with van der Waals surface area (Å²) in [6.45, 7) is 6.47. The van der Waals surface area contributed by atoms with Crippen LogP contribution in [0.4, 0.5) is 5.82 Å². The zero-order valence-corrected chi connectivity index (χ0v) is 14.1. The third kappa shape index (κ3) is 4.46. The molecule has 1 aliphatic heterocycles. The van der Waals surface area contributed by atoms with Gasteiger partial charge in [-0.3, -0.25) is 4.90 Å². The highest BCUT2D eigenvalue weighted by atomic mass is 16.5. The van der Waals surface area contributed by atoms with Crippen LogP contribution >= 0.6 is 0 Å². The molecule has 3 rings (SSSR count). The average molecular weight is 326 g/mol. The van der Waals surface area contributed by atoms with Crippen molar-refractivity contribution in [2.75, 3.05) is 44.2 Å². The quantitative estimate of drug-likeness (QED) is 0.845. The van der Waals surface area contributed by atoms with Gasteiger partial charge in [0.15, 0.2) is 11.6 Å². The second kappa shape index (κ2) is 8.66. The molecule has 2 heterocycles. The molecule has 1 aliphatic rings. The van der Waals surface area contributed by atoms with Crippen LogP contribution in [0.1, 0.15) is 12.0 Å². The first-order valence-corrected chi connectivity index (χ1v) is 8.66. The fraction of sp³-hybridized carbons (Fsp3) is 0.421. The van der Waals surface area contributed by atoms with Crippen molar-refractivity contribution in [3.8, 4) is 5.75 Å². The molecule has 128 valence electrons. The van der Waals surface area contributed by atoms with E-state index >= 15 is 0 Å². The number of piperazine rings is 1. The highest BCUT2D eigenvalue weighted by Gasteiger charge is 2.20. The van der Waals surface area contributed by atoms with Gasteiger partial charge < -0.3 is 15.4 Å². The van der Waals surface area contributed by atoms with Gasteiger partial charge in [0.25, 0.3) is 0 Å². The summed E-state index contributed by atoms with van der Waals surface area (Å²) in [5.74, 6) is 1.81. The highest BCUT2D eigenvalue weighted by Crippen LogP contribution is 2.27. The zero-order chi connectivity index (χ0) is 16.6. The Morgan fingerprint density at radius 2 is 1.79 bits per heavy atom. The van der Waals surface area contributed by atoms with Gasteiger partial charge in [-0.1, -0.05) is 30.3 Å². The van der Waals surface area contributed by atoms with Crippen molar-refractivity contribution in [2.24, 2.45) is 5.73 Å². The minimum Gasteiger partial charge on any atom is -0.485 e. The number of aromatic nitrogens is 1. The van der Waals surface area contributed by atoms with Crippen molar-refractivity contribution in [2.45, 2.75) is 13.0 Å². The molecule has 5 heteroatoms. The molecule has 0 bridgehead atoms. The Morgan fingerprint density at radius 3 is 2.54 bits per heavy atom. The van der Waals surface area contributed by atoms with E-state index in [-0.39, 0.29) is 0 Å². The van der Waals surface area contributed by atoms with Gasteiger partial charge in [-0.25, -0.2) is 4.98 Å². The second-order valence-corrected chi connectivity index (χ2v) is 6.07. The van der Waals surface area contributed by atoms with E-state index in [9.17, 15) is 0 Å². The first-order valence-electron chi connectivity index (χ1n) is 8.66. The van der Waals surface area contributed by atoms with E-state index in [1.807, 2.05) is 36.5 Å². The molecule has 0 amide bonds. The maximum absolute atomic E-state index is 6.03. The monoisotopic (exact) mass is 326 g/mol. The number of hydrogen-bond donors (Lipinski definition) is 1. The number of nitrogens with zero attached hydrogens (tertiary/aromatic N) is 3. The predicted molar refractivity (Wildman–Crippen MR) is 97.3 cm³/mol. The van der Waals surface area contributed by atoms with E-state index in [0.717, 1.165) is 57.3 Å². The summed E-state index contributed by atoms with van der Waals surface area (Å²) in [6, 6.07) is 14.2. The summed E-state index contributed by atoms with van der Waals surface area (Å²) >= 11 is 0. The van der Waals surface area contributed by atoms with Crippen LogP contribution in [0.2, 0.25) is 0 Å². The first kappa shape index (κ1) is 16.7. The van der Waals surface area contributed by atoms with Crippen molar-refractivity contribution in [1.29, 1.82) is 0 Å². The summed E-state index contributed by atoms with van der Waals surface area (Å²) < 4.78 is 6.03. The van der Waals surface area contributed by atoms with Crippen molar-refractivity contribution < 1.29 is 4.74 Å². The van der Waals surface area contributed by atoms with Crippen molar-refractivity contribution in [1.82, 2.24) is 9.88 Å². The summed E-state index contributed by atoms with van der Waals surface area (Å²) in [5.41, 5.74) is 6.77. The lowest BCUT2D eigenvalue weighted by atomic mass is 10.2. The van der Waals surface area contributed by atoms with E-state index in [1.54, 1.807) is 0 Å². The number of rotatable bonds is 7. The summed E-state index contributed by atoms with van der Waals surface area (Å²) in [4.78, 5) is 9.35. The Kier molecular flexibility index (Phi) is 6.04. The van der Waals surface area contributed by atoms with Crippen LogP contribution < -0.4 is 15.4 Å². The lowest BCUT2D eigenvalue weighted by Crippen LogP contribution is -2.47. The molecule has 0 saturated carbocycles. The van der Waals surface area contributed by atoms with Gasteiger partial charge in [0.05, 0.1) is 0 Å². The third-order valence-corrected chi connectivity index (χ3v) is 4.34. The topological polar surface area (TPSA) is 54.6 Å². The van der Waals surface area contributed by atoms with Crippen LogP contribution in [0.5, 0.6) is 5.75 Å². The van der Waals surface area contributed by atoms with Gasteiger partial charge in [-0.05, 0) is 37.2 Å². The molecule has 1 fully saturated rings. The van der Waals surface area contributed by atoms with Crippen molar-refractivity contribution in [3.05, 3.63) is 54.2 Å². The van der Waals surface area contributed by atoms with Crippen molar-refractivity contribution >= 4 is 5.82 Å². The minimum atomic E-state index is 0.565. The second-order valence-electron chi connectivity index (χ2n) is 6.07. The zero-order valence-electron chi connectivity index (χ0n) is 14.1. The third-order valence-electron chi connectivity index (χ3n) is 4.34. The molecule has 1 aromatic carbocycles. The van der Waals surface area contributed by atoms with E-state index in [4.69, 9.17) is 10.5 Å². The van der Waals surface area contributed by atoms with Gasteiger partial charge in [0, 0.05) is 32.4 Å². The van der Waals surface area contributed by atoms with E-state index in [1.165, 1.54) is 5.56 Å². The number of nitrogens with two attached hydrogens (primary N) is 1. The molecular weight excluding hydrogens is 300 g/mol. The average Bonchev–Trinajstić information content (AvgIpc) is 2.66. The summed E-state index contributed by atoms with van der Waals surface area (Å²) in [7, 11) is 0. The molecule has 0 unspecified atom stereocenters. The fourth-order valence-electron chi connectivity index (χ4n) is 2.97. The number of ether oxygens (including phenoxy) is 1. The smallest absolute Gasteiger partial charge is 0.171 e. The molecule has 0 atom stereocenters. The summed E-state index contributed by atoms with van der Waals surface area (Å²) in [6.07, 6.45) is 2.90. The minimum absolute atomic E-state index is 0.565. The van der Waals surface area contributed by atoms with Crippen LogP contribution in [-0.4, -0.2) is 49.2 Å². The maximum Gasteiger partial charge on any atom is 0.171 e. The molecule has 0 aliphatic carbocycles. The largest absolute Gasteiger partial charge is 0.485 e. The van der Waals surface area contributed by atoms with Crippen LogP contribution in [0.25, 0.3) is 0 Å². The van der Waals surface area contributed by atoms with Crippen LogP contribution in [-0.2, 0) is 6.61 Å². The van der Waals surface area contributed by atoms with E-state index < -0.39 is 0 Å². The Morgan fingerprint density at radius 1 is 1.00 bits per heavy atom. The molecule has 1 aromatic heterocycles. The molecule has 0 spiro atoms. The fourth-order valence-corrected chi connectivity index (χ4v) is 2.97. The molecule has 2 N–H and O–H groups in total. The van der Waals surface area contributed by atoms with Crippen LogP contribution in [0.15, 0.2) is 48.7 Å². The van der Waals surface area contributed by atoms with Gasteiger partial charge in [-0.15, -0.1) is 0 Å². The normalized spacial score (nSPS) is 15.5. The Balaban J connectivity index is 1.60. The molecule has 1 saturated heterocycles. The maximum atomic E-state index is 6.03. The van der Waals surface area contributed by atoms with Crippen LogP contribution in [0.3, 0.4) is 0 Å². The molecule has 24 heavy (non-hydrogen) atoms. The number of hydrogen-bond acceptors (Lipinski definition) is 5. The number of benzene rings is 1. The lowest BCUT2D eigenvalue weighted by Gasteiger charge is -2.35. The van der Waals surface area contributed by atoms with E-state index in [2.05, 4.69) is 26.9 Å². The molecule has 0 radical (unpaired) electrons. The Bertz CT molecular complexity index is 612. The van der Waals surface area contributed by atoms with Gasteiger partial charge >= 0.3 is 0 Å². The molecule has 5 nitrogen and oxygen atoms in total. The van der Waals surface area contributed by atoms with E-state index in [0.29, 0.717) is 6.61 Å². The van der Waals surface area contributed by atoms with Crippen LogP contribution in [0, 0.1) is 0 Å². The number of pyridine rings is 1. The predicted octanol–water partition coefficient (Wildman–Crippen LogP) is 2.13. The van der Waals surface area contributed by atoms with Gasteiger partial charge in [0.2, 0.25) is 0 Å². The van der Waals surface area contributed by atoms with Crippen molar-refractivity contribution in [3.63, 3.8) is 0 Å². The SMILES string of the molecule is NCCCN1CCN(c2ncccc2OCc2ccccc2)CC1. The Hall–Kier alpha value is -2.11. The first-order chi connectivity index (χ1) is 11.9. The Labute approximate surface area is 144 Å². The molecular formula is C19H26N4O. The van der Waals surface area contributed by atoms with Gasteiger partial charge in [-0.2, -0.15) is 0 Å².